The Morgan fingerprint density at radius 3 is 1.06 bits per heavy atom. The van der Waals surface area contributed by atoms with E-state index in [1.165, 1.54) is 25.9 Å². The number of hydrogen-bond acceptors (Lipinski definition) is 2. The first-order valence-electron chi connectivity index (χ1n) is 7.13. The number of nitrogens with zero attached hydrogens (tertiary/aromatic N) is 2. The topological polar surface area (TPSA) is 6.48 Å². The van der Waals surface area contributed by atoms with Crippen molar-refractivity contribution in [3.63, 3.8) is 0 Å². The van der Waals surface area contributed by atoms with E-state index in [1.54, 1.807) is 0 Å². The highest BCUT2D eigenvalue weighted by molar-refractivity contribution is 4.70. The van der Waals surface area contributed by atoms with Gasteiger partial charge in [-0.1, -0.05) is 41.5 Å². The number of hydrogen-bond donors (Lipinski definition) is 0. The minimum absolute atomic E-state index is 0.481. The highest BCUT2D eigenvalue weighted by Crippen LogP contribution is 2.24. The highest BCUT2D eigenvalue weighted by atomic mass is 15.1. The first-order valence-corrected chi connectivity index (χ1v) is 7.13. The normalized spacial score (nSPS) is 10.6. The molecule has 0 atom stereocenters. The third-order valence-corrected chi connectivity index (χ3v) is 2.47. The predicted molar refractivity (Wildman–Crippen MR) is 82.8 cm³/mol. The quantitative estimate of drug-likeness (QED) is 0.700. The van der Waals surface area contributed by atoms with Crippen LogP contribution in [0.3, 0.4) is 0 Å². The molecular weight excluding hydrogens is 208 g/mol. The average molecular weight is 246 g/mol. The molecule has 0 aromatic rings. The van der Waals surface area contributed by atoms with E-state index < -0.39 is 0 Å². The predicted octanol–water partition coefficient (Wildman–Crippen LogP) is 3.97. The second-order valence-electron chi connectivity index (χ2n) is 5.27. The largest absolute Gasteiger partial charge is 0.309 e. The van der Waals surface area contributed by atoms with Crippen molar-refractivity contribution in [3.8, 4) is 0 Å². The molecule has 0 radical (unpaired) electrons. The summed E-state index contributed by atoms with van der Waals surface area (Å²) in [5.74, 6) is 0. The van der Waals surface area contributed by atoms with Crippen LogP contribution in [-0.4, -0.2) is 51.1 Å². The molecular formula is C15H38N2. The molecule has 0 aromatic heterocycles. The fraction of sp³-hybridized carbons (Fsp3) is 1.00. The van der Waals surface area contributed by atoms with Crippen molar-refractivity contribution < 1.29 is 0 Å². The maximum atomic E-state index is 2.36. The van der Waals surface area contributed by atoms with Crippen molar-refractivity contribution in [2.45, 2.75) is 54.4 Å². The van der Waals surface area contributed by atoms with Gasteiger partial charge in [0.15, 0.2) is 0 Å². The van der Waals surface area contributed by atoms with Gasteiger partial charge in [-0.3, -0.25) is 0 Å². The van der Waals surface area contributed by atoms with Crippen LogP contribution in [-0.2, 0) is 0 Å². The van der Waals surface area contributed by atoms with Crippen molar-refractivity contribution in [2.24, 2.45) is 5.41 Å². The Morgan fingerprint density at radius 1 is 0.647 bits per heavy atom. The van der Waals surface area contributed by atoms with Gasteiger partial charge in [0.1, 0.15) is 0 Å². The minimum Gasteiger partial charge on any atom is -0.309 e. The summed E-state index contributed by atoms with van der Waals surface area (Å²) >= 11 is 0. The smallest absolute Gasteiger partial charge is 0.00197 e. The van der Waals surface area contributed by atoms with E-state index in [9.17, 15) is 0 Å². The summed E-state index contributed by atoms with van der Waals surface area (Å²) in [5.41, 5.74) is 0.481. The molecule has 0 unspecified atom stereocenters. The van der Waals surface area contributed by atoms with Gasteiger partial charge >= 0.3 is 0 Å². The first kappa shape index (κ1) is 22.1. The molecule has 0 aliphatic heterocycles. The van der Waals surface area contributed by atoms with Crippen LogP contribution in [0, 0.1) is 5.41 Å². The van der Waals surface area contributed by atoms with Gasteiger partial charge in [-0.25, -0.2) is 0 Å². The summed E-state index contributed by atoms with van der Waals surface area (Å²) < 4.78 is 0. The van der Waals surface area contributed by atoms with E-state index in [0.717, 1.165) is 0 Å². The molecule has 0 amide bonds. The maximum absolute atomic E-state index is 2.36. The Kier molecular flexibility index (Phi) is 18.2. The lowest BCUT2D eigenvalue weighted by atomic mass is 9.85. The van der Waals surface area contributed by atoms with E-state index in [1.807, 2.05) is 27.7 Å². The Hall–Kier alpha value is -0.0800. The monoisotopic (exact) mass is 246 g/mol. The third kappa shape index (κ3) is 21.7. The molecule has 0 saturated heterocycles. The van der Waals surface area contributed by atoms with Crippen molar-refractivity contribution in [1.29, 1.82) is 0 Å². The van der Waals surface area contributed by atoms with Crippen LogP contribution in [0.4, 0.5) is 0 Å². The van der Waals surface area contributed by atoms with Gasteiger partial charge in [0.05, 0.1) is 0 Å². The van der Waals surface area contributed by atoms with Gasteiger partial charge < -0.3 is 9.80 Å². The molecule has 0 aromatic carbocycles. The lowest BCUT2D eigenvalue weighted by Crippen LogP contribution is -2.25. The van der Waals surface area contributed by atoms with Crippen LogP contribution in [0.5, 0.6) is 0 Å². The molecule has 17 heavy (non-hydrogen) atoms. The fourth-order valence-electron chi connectivity index (χ4n) is 1.18. The molecule has 2 nitrogen and oxygen atoms in total. The van der Waals surface area contributed by atoms with Gasteiger partial charge in [-0.05, 0) is 59.5 Å². The molecule has 0 saturated carbocycles. The summed E-state index contributed by atoms with van der Waals surface area (Å²) in [7, 11) is 8.56. The minimum atomic E-state index is 0.481. The fourth-order valence-corrected chi connectivity index (χ4v) is 1.18. The lowest BCUT2D eigenvalue weighted by Gasteiger charge is -2.27. The third-order valence-electron chi connectivity index (χ3n) is 2.47. The summed E-state index contributed by atoms with van der Waals surface area (Å²) in [6.07, 6.45) is 2.57. The zero-order valence-corrected chi connectivity index (χ0v) is 14.2. The highest BCUT2D eigenvalue weighted by Gasteiger charge is 2.17. The number of rotatable bonds is 6. The zero-order chi connectivity index (χ0) is 14.5. The Balaban J connectivity index is -0.000000439. The van der Waals surface area contributed by atoms with Crippen molar-refractivity contribution >= 4 is 0 Å². The van der Waals surface area contributed by atoms with Gasteiger partial charge in [0, 0.05) is 0 Å². The molecule has 0 heterocycles. The molecule has 0 bridgehead atoms. The molecule has 0 aliphatic rings. The summed E-state index contributed by atoms with van der Waals surface area (Å²) in [4.78, 5) is 4.52. The van der Waals surface area contributed by atoms with E-state index >= 15 is 0 Å². The molecule has 0 aliphatic carbocycles. The molecule has 108 valence electrons. The van der Waals surface area contributed by atoms with Gasteiger partial charge in [0.25, 0.3) is 0 Å². The molecule has 2 heteroatoms. The maximum Gasteiger partial charge on any atom is -0.00197 e. The van der Waals surface area contributed by atoms with E-state index in [2.05, 4.69) is 51.8 Å². The van der Waals surface area contributed by atoms with E-state index in [-0.39, 0.29) is 0 Å². The summed E-state index contributed by atoms with van der Waals surface area (Å²) in [6.45, 7) is 15.1. The lowest BCUT2D eigenvalue weighted by molar-refractivity contribution is 0.229. The van der Waals surface area contributed by atoms with Gasteiger partial charge in [-0.2, -0.15) is 0 Å². The summed E-state index contributed by atoms with van der Waals surface area (Å²) in [5, 5.41) is 0. The van der Waals surface area contributed by atoms with E-state index in [0.29, 0.717) is 5.41 Å². The van der Waals surface area contributed by atoms with Crippen LogP contribution in [0.2, 0.25) is 0 Å². The van der Waals surface area contributed by atoms with Gasteiger partial charge in [0.2, 0.25) is 0 Å². The standard InChI is InChI=1S/C11H26N2.2C2H6/c1-11(2,7-9-12(3)4)8-10-13(5)6;2*1-2/h7-10H2,1-6H3;2*1-2H3. The van der Waals surface area contributed by atoms with Crippen molar-refractivity contribution in [2.75, 3.05) is 41.3 Å². The Morgan fingerprint density at radius 2 is 0.882 bits per heavy atom. The molecule has 0 fully saturated rings. The zero-order valence-electron chi connectivity index (χ0n) is 14.2. The Bertz CT molecular complexity index is 115. The SMILES string of the molecule is CC.CC.CN(C)CCC(C)(C)CCN(C)C. The average Bonchev–Trinajstić information content (AvgIpc) is 2.30. The molecule has 0 rings (SSSR count). The Labute approximate surface area is 111 Å². The second kappa shape index (κ2) is 14.0. The summed E-state index contributed by atoms with van der Waals surface area (Å²) in [6, 6.07) is 0. The molecule has 0 N–H and O–H groups in total. The van der Waals surface area contributed by atoms with Crippen LogP contribution in [0.1, 0.15) is 54.4 Å². The van der Waals surface area contributed by atoms with Crippen LogP contribution in [0.15, 0.2) is 0 Å². The van der Waals surface area contributed by atoms with Gasteiger partial charge in [-0.15, -0.1) is 0 Å². The van der Waals surface area contributed by atoms with Crippen molar-refractivity contribution in [1.82, 2.24) is 9.80 Å². The molecule has 0 spiro atoms. The first-order chi connectivity index (χ1) is 7.83. The van der Waals surface area contributed by atoms with E-state index in [4.69, 9.17) is 0 Å². The van der Waals surface area contributed by atoms with Crippen LogP contribution >= 0.6 is 0 Å². The second-order valence-corrected chi connectivity index (χ2v) is 5.27. The van der Waals surface area contributed by atoms with Crippen LogP contribution in [0.25, 0.3) is 0 Å². The van der Waals surface area contributed by atoms with Crippen LogP contribution < -0.4 is 0 Å². The van der Waals surface area contributed by atoms with Crippen molar-refractivity contribution in [3.05, 3.63) is 0 Å².